The second-order valence-corrected chi connectivity index (χ2v) is 10.6. The normalized spacial score (nSPS) is 22.6. The molecule has 11 heteroatoms. The molecule has 3 fully saturated rings. The van der Waals surface area contributed by atoms with E-state index >= 15 is 0 Å². The van der Waals surface area contributed by atoms with Gasteiger partial charge in [-0.3, -0.25) is 9.78 Å². The maximum atomic E-state index is 12.9. The zero-order valence-corrected chi connectivity index (χ0v) is 22.5. The number of carbonyl (C=O) groups excluding carboxylic acids is 1. The number of likely N-dealkylation sites (N-methyl/N-ethyl adjacent to an activating group) is 1. The molecule has 1 saturated carbocycles. The van der Waals surface area contributed by atoms with E-state index in [1.54, 1.807) is 24.8 Å². The number of benzene rings is 1. The smallest absolute Gasteiger partial charge is 0.254 e. The number of nitrogens with one attached hydrogen (secondary N) is 1. The lowest BCUT2D eigenvalue weighted by Crippen LogP contribution is -2.45. The van der Waals surface area contributed by atoms with E-state index in [2.05, 4.69) is 59.1 Å². The molecule has 6 rings (SSSR count). The maximum absolute atomic E-state index is 12.9. The molecular formula is C28H36N8O3. The molecule has 0 bridgehead atoms. The van der Waals surface area contributed by atoms with E-state index in [1.807, 2.05) is 0 Å². The summed E-state index contributed by atoms with van der Waals surface area (Å²) in [7, 11) is 2.12. The Morgan fingerprint density at radius 3 is 2.36 bits per heavy atom. The van der Waals surface area contributed by atoms with E-state index in [-0.39, 0.29) is 18.1 Å². The number of hydrogen-bond donors (Lipinski definition) is 1. The molecule has 11 nitrogen and oxygen atoms in total. The summed E-state index contributed by atoms with van der Waals surface area (Å²) in [4.78, 5) is 37.6. The quantitative estimate of drug-likeness (QED) is 0.507. The van der Waals surface area contributed by atoms with Gasteiger partial charge in [-0.05, 0) is 38.8 Å². The van der Waals surface area contributed by atoms with Crippen molar-refractivity contribution in [2.75, 3.05) is 69.3 Å². The average molecular weight is 533 g/mol. The Kier molecular flexibility index (Phi) is 7.69. The molecule has 39 heavy (non-hydrogen) atoms. The highest BCUT2D eigenvalue weighted by Crippen LogP contribution is 2.33. The Morgan fingerprint density at radius 1 is 0.897 bits per heavy atom. The fraction of sp³-hybridized carbons (Fsp3) is 0.536. The summed E-state index contributed by atoms with van der Waals surface area (Å²) >= 11 is 0. The predicted molar refractivity (Wildman–Crippen MR) is 148 cm³/mol. The van der Waals surface area contributed by atoms with Crippen LogP contribution in [0.5, 0.6) is 5.75 Å². The summed E-state index contributed by atoms with van der Waals surface area (Å²) in [6, 6.07) is 4.27. The molecule has 3 aliphatic rings. The minimum Gasteiger partial charge on any atom is -0.488 e. The van der Waals surface area contributed by atoms with Gasteiger partial charge in [0.2, 0.25) is 5.95 Å². The standard InChI is InChI=1S/C28H36N8O3/c1-34-8-10-36(11-9-34)28-31-18-20(19-32-28)27(37)33-21-2-4-23(5-3-21)39-25-17-22(35-12-14-38-15-13-35)16-24-26(25)30-7-6-29-24/h6-7,16-19,21,23H,2-5,8-15H2,1H3,(H,33,37). The third-order valence-electron chi connectivity index (χ3n) is 7.89. The van der Waals surface area contributed by atoms with Gasteiger partial charge in [0.1, 0.15) is 11.3 Å². The van der Waals surface area contributed by atoms with Crippen LogP contribution in [0.3, 0.4) is 0 Å². The van der Waals surface area contributed by atoms with Crippen LogP contribution in [0.15, 0.2) is 36.9 Å². The van der Waals surface area contributed by atoms with Gasteiger partial charge in [0.25, 0.3) is 5.91 Å². The molecule has 1 aromatic carbocycles. The first kappa shape index (κ1) is 25.7. The Labute approximate surface area is 228 Å². The molecule has 0 spiro atoms. The zero-order chi connectivity index (χ0) is 26.6. The molecular weight excluding hydrogens is 496 g/mol. The Balaban J connectivity index is 1.04. The van der Waals surface area contributed by atoms with Crippen molar-refractivity contribution in [3.8, 4) is 5.75 Å². The highest BCUT2D eigenvalue weighted by Gasteiger charge is 2.26. The van der Waals surface area contributed by atoms with Crippen molar-refractivity contribution < 1.29 is 14.3 Å². The summed E-state index contributed by atoms with van der Waals surface area (Å²) < 4.78 is 12.0. The van der Waals surface area contributed by atoms with E-state index in [1.165, 1.54) is 0 Å². The number of aromatic nitrogens is 4. The Morgan fingerprint density at radius 2 is 1.62 bits per heavy atom. The minimum atomic E-state index is -0.122. The van der Waals surface area contributed by atoms with Crippen molar-refractivity contribution in [2.24, 2.45) is 0 Å². The van der Waals surface area contributed by atoms with Crippen molar-refractivity contribution in [1.82, 2.24) is 30.2 Å². The number of ether oxygens (including phenoxy) is 2. The number of anilines is 2. The summed E-state index contributed by atoms with van der Waals surface area (Å²) in [5.74, 6) is 1.34. The van der Waals surface area contributed by atoms with Crippen molar-refractivity contribution in [3.05, 3.63) is 42.5 Å². The molecule has 4 heterocycles. The van der Waals surface area contributed by atoms with Gasteiger partial charge in [0.05, 0.1) is 30.4 Å². The first-order valence-corrected chi connectivity index (χ1v) is 13.9. The van der Waals surface area contributed by atoms with Crippen molar-refractivity contribution in [1.29, 1.82) is 0 Å². The van der Waals surface area contributed by atoms with Crippen LogP contribution in [-0.4, -0.2) is 102 Å². The minimum absolute atomic E-state index is 0.0644. The second kappa shape index (κ2) is 11.7. The van der Waals surface area contributed by atoms with E-state index in [0.29, 0.717) is 11.5 Å². The molecule has 2 aliphatic heterocycles. The number of piperazine rings is 1. The second-order valence-electron chi connectivity index (χ2n) is 10.6. The van der Waals surface area contributed by atoms with Gasteiger partial charge in [-0.1, -0.05) is 0 Å². The number of hydrogen-bond acceptors (Lipinski definition) is 10. The SMILES string of the molecule is CN1CCN(c2ncc(C(=O)NC3CCC(Oc4cc(N5CCOCC5)cc5nccnc45)CC3)cn2)CC1. The fourth-order valence-electron chi connectivity index (χ4n) is 5.50. The number of nitrogens with zero attached hydrogens (tertiary/aromatic N) is 7. The van der Waals surface area contributed by atoms with Crippen molar-refractivity contribution >= 4 is 28.6 Å². The summed E-state index contributed by atoms with van der Waals surface area (Å²) in [5, 5.41) is 3.17. The summed E-state index contributed by atoms with van der Waals surface area (Å²) in [6.07, 6.45) is 10.2. The largest absolute Gasteiger partial charge is 0.488 e. The van der Waals surface area contributed by atoms with E-state index in [9.17, 15) is 4.79 Å². The lowest BCUT2D eigenvalue weighted by molar-refractivity contribution is 0.0894. The van der Waals surface area contributed by atoms with Gasteiger partial charge in [-0.25, -0.2) is 15.0 Å². The summed E-state index contributed by atoms with van der Waals surface area (Å²) in [6.45, 7) is 6.90. The topological polar surface area (TPSA) is 109 Å². The lowest BCUT2D eigenvalue weighted by Gasteiger charge is -2.32. The molecule has 2 aromatic heterocycles. The van der Waals surface area contributed by atoms with Crippen molar-refractivity contribution in [3.63, 3.8) is 0 Å². The maximum Gasteiger partial charge on any atom is 0.254 e. The summed E-state index contributed by atoms with van der Waals surface area (Å²) in [5.41, 5.74) is 3.20. The molecule has 0 unspecified atom stereocenters. The van der Waals surface area contributed by atoms with Gasteiger partial charge >= 0.3 is 0 Å². The Hall–Kier alpha value is -3.57. The van der Waals surface area contributed by atoms with Crippen molar-refractivity contribution in [2.45, 2.75) is 37.8 Å². The van der Waals surface area contributed by atoms with Crippen LogP contribution in [0.25, 0.3) is 11.0 Å². The molecule has 0 radical (unpaired) electrons. The molecule has 206 valence electrons. The van der Waals surface area contributed by atoms with Gasteiger partial charge in [0, 0.05) is 81.9 Å². The number of rotatable bonds is 6. The zero-order valence-electron chi connectivity index (χ0n) is 22.5. The van der Waals surface area contributed by atoms with E-state index in [4.69, 9.17) is 9.47 Å². The van der Waals surface area contributed by atoms with Crippen LogP contribution in [0.1, 0.15) is 36.0 Å². The fourth-order valence-corrected chi connectivity index (χ4v) is 5.50. The molecule has 2 saturated heterocycles. The number of fused-ring (bicyclic) bond motifs is 1. The van der Waals surface area contributed by atoms with Gasteiger partial charge in [-0.2, -0.15) is 0 Å². The number of morpholine rings is 1. The average Bonchev–Trinajstić information content (AvgIpc) is 2.99. The highest BCUT2D eigenvalue weighted by molar-refractivity contribution is 5.93. The van der Waals surface area contributed by atoms with Crippen LogP contribution in [0.4, 0.5) is 11.6 Å². The predicted octanol–water partition coefficient (Wildman–Crippen LogP) is 2.13. The third kappa shape index (κ3) is 6.04. The van der Waals surface area contributed by atoms with Crippen LogP contribution in [0.2, 0.25) is 0 Å². The first-order chi connectivity index (χ1) is 19.1. The molecule has 3 aromatic rings. The van der Waals surface area contributed by atoms with Crippen LogP contribution < -0.4 is 19.9 Å². The molecule has 1 amide bonds. The number of carbonyl (C=O) groups is 1. The van der Waals surface area contributed by atoms with Crippen LogP contribution in [0, 0.1) is 0 Å². The Bertz CT molecular complexity index is 1270. The van der Waals surface area contributed by atoms with Crippen LogP contribution >= 0.6 is 0 Å². The monoisotopic (exact) mass is 532 g/mol. The van der Waals surface area contributed by atoms with E-state index in [0.717, 1.165) is 101 Å². The highest BCUT2D eigenvalue weighted by atomic mass is 16.5. The lowest BCUT2D eigenvalue weighted by atomic mass is 9.92. The van der Waals surface area contributed by atoms with Gasteiger partial charge < -0.3 is 29.5 Å². The molecule has 1 N–H and O–H groups in total. The van der Waals surface area contributed by atoms with Gasteiger partial charge in [0.15, 0.2) is 0 Å². The van der Waals surface area contributed by atoms with E-state index < -0.39 is 0 Å². The first-order valence-electron chi connectivity index (χ1n) is 13.9. The van der Waals surface area contributed by atoms with Gasteiger partial charge in [-0.15, -0.1) is 0 Å². The molecule has 0 atom stereocenters. The van der Waals surface area contributed by atoms with Crippen LogP contribution in [-0.2, 0) is 4.74 Å². The number of amides is 1. The molecule has 1 aliphatic carbocycles. The third-order valence-corrected chi connectivity index (χ3v) is 7.89.